The lowest BCUT2D eigenvalue weighted by Crippen LogP contribution is -2.40. The van der Waals surface area contributed by atoms with Gasteiger partial charge in [0.05, 0.1) is 0 Å². The van der Waals surface area contributed by atoms with Gasteiger partial charge in [0.15, 0.2) is 0 Å². The van der Waals surface area contributed by atoms with Gasteiger partial charge in [-0.3, -0.25) is 0 Å². The van der Waals surface area contributed by atoms with E-state index in [0.29, 0.717) is 0 Å². The summed E-state index contributed by atoms with van der Waals surface area (Å²) in [7, 11) is 0. The molecule has 1 aliphatic rings. The molecule has 88 valence electrons. The van der Waals surface area contributed by atoms with Crippen LogP contribution in [0.4, 0.5) is 0 Å². The number of nitrogens with one attached hydrogen (secondary N) is 1. The van der Waals surface area contributed by atoms with Gasteiger partial charge >= 0.3 is 0 Å². The standard InChI is InChI=1S/C14H20BrN/c1-14(2,12-4-3-9-16-10-12)11-5-7-13(15)8-6-11/h5-8,12,16H,3-4,9-10H2,1-2H3/t12-/m0/s1. The van der Waals surface area contributed by atoms with Crippen molar-refractivity contribution in [2.24, 2.45) is 5.92 Å². The summed E-state index contributed by atoms with van der Waals surface area (Å²) in [5.74, 6) is 0.752. The molecule has 1 aromatic carbocycles. The van der Waals surface area contributed by atoms with E-state index in [4.69, 9.17) is 0 Å². The number of benzene rings is 1. The summed E-state index contributed by atoms with van der Waals surface area (Å²) in [6, 6.07) is 8.79. The SMILES string of the molecule is CC(C)(c1ccc(Br)cc1)[C@H]1CCCNC1. The van der Waals surface area contributed by atoms with Gasteiger partial charge in [-0.25, -0.2) is 0 Å². The highest BCUT2D eigenvalue weighted by Crippen LogP contribution is 2.35. The van der Waals surface area contributed by atoms with E-state index >= 15 is 0 Å². The first-order valence-electron chi connectivity index (χ1n) is 6.07. The summed E-state index contributed by atoms with van der Waals surface area (Å²) < 4.78 is 1.16. The third-order valence-electron chi connectivity index (χ3n) is 3.91. The Balaban J connectivity index is 2.19. The summed E-state index contributed by atoms with van der Waals surface area (Å²) >= 11 is 3.50. The predicted octanol–water partition coefficient (Wildman–Crippen LogP) is 3.73. The molecular formula is C14H20BrN. The number of hydrogen-bond donors (Lipinski definition) is 1. The zero-order chi connectivity index (χ0) is 11.6. The van der Waals surface area contributed by atoms with Crippen LogP contribution in [0.1, 0.15) is 32.3 Å². The average Bonchev–Trinajstić information content (AvgIpc) is 2.31. The van der Waals surface area contributed by atoms with Crippen molar-refractivity contribution >= 4 is 15.9 Å². The van der Waals surface area contributed by atoms with Crippen LogP contribution in [-0.2, 0) is 5.41 Å². The second-order valence-corrected chi connectivity index (χ2v) is 6.19. The van der Waals surface area contributed by atoms with E-state index in [0.717, 1.165) is 16.9 Å². The van der Waals surface area contributed by atoms with Crippen LogP contribution in [0.5, 0.6) is 0 Å². The first-order valence-corrected chi connectivity index (χ1v) is 6.87. The van der Waals surface area contributed by atoms with Crippen LogP contribution in [0.25, 0.3) is 0 Å². The topological polar surface area (TPSA) is 12.0 Å². The van der Waals surface area contributed by atoms with Gasteiger partial charge in [0, 0.05) is 4.47 Å². The molecule has 0 bridgehead atoms. The fraction of sp³-hybridized carbons (Fsp3) is 0.571. The summed E-state index contributed by atoms with van der Waals surface area (Å²) in [4.78, 5) is 0. The summed E-state index contributed by atoms with van der Waals surface area (Å²) in [6.45, 7) is 7.08. The van der Waals surface area contributed by atoms with Gasteiger partial charge in [0.2, 0.25) is 0 Å². The molecule has 2 rings (SSSR count). The Bertz CT molecular complexity index is 336. The Labute approximate surface area is 107 Å². The highest BCUT2D eigenvalue weighted by Gasteiger charge is 2.31. The molecule has 1 saturated heterocycles. The lowest BCUT2D eigenvalue weighted by Gasteiger charge is -2.37. The minimum absolute atomic E-state index is 0.272. The van der Waals surface area contributed by atoms with Crippen molar-refractivity contribution in [3.8, 4) is 0 Å². The Morgan fingerprint density at radius 2 is 1.94 bits per heavy atom. The maximum Gasteiger partial charge on any atom is 0.0175 e. The van der Waals surface area contributed by atoms with Gasteiger partial charge in [-0.1, -0.05) is 41.9 Å². The van der Waals surface area contributed by atoms with E-state index in [1.807, 2.05) is 0 Å². The molecule has 0 aliphatic carbocycles. The molecule has 0 amide bonds. The lowest BCUT2D eigenvalue weighted by molar-refractivity contribution is 0.252. The fourth-order valence-electron chi connectivity index (χ4n) is 2.58. The van der Waals surface area contributed by atoms with E-state index in [-0.39, 0.29) is 5.41 Å². The number of rotatable bonds is 2. The maximum absolute atomic E-state index is 3.51. The predicted molar refractivity (Wildman–Crippen MR) is 72.8 cm³/mol. The van der Waals surface area contributed by atoms with Crippen molar-refractivity contribution in [1.82, 2.24) is 5.32 Å². The van der Waals surface area contributed by atoms with E-state index in [1.54, 1.807) is 0 Å². The first-order chi connectivity index (χ1) is 7.60. The summed E-state index contributed by atoms with van der Waals surface area (Å²) in [5.41, 5.74) is 1.72. The second-order valence-electron chi connectivity index (χ2n) is 5.27. The van der Waals surface area contributed by atoms with Crippen LogP contribution < -0.4 is 5.32 Å². The molecule has 1 aliphatic heterocycles. The second kappa shape index (κ2) is 4.89. The Morgan fingerprint density at radius 1 is 1.25 bits per heavy atom. The molecule has 1 aromatic rings. The molecule has 0 unspecified atom stereocenters. The third kappa shape index (κ3) is 2.49. The molecule has 1 atom stereocenters. The van der Waals surface area contributed by atoms with Gasteiger partial charge in [0.1, 0.15) is 0 Å². The highest BCUT2D eigenvalue weighted by molar-refractivity contribution is 9.10. The zero-order valence-electron chi connectivity index (χ0n) is 10.1. The average molecular weight is 282 g/mol. The third-order valence-corrected chi connectivity index (χ3v) is 4.43. The highest BCUT2D eigenvalue weighted by atomic mass is 79.9. The van der Waals surface area contributed by atoms with Crippen molar-refractivity contribution < 1.29 is 0 Å². The molecular weight excluding hydrogens is 262 g/mol. The van der Waals surface area contributed by atoms with Gasteiger partial charge in [-0.15, -0.1) is 0 Å². The monoisotopic (exact) mass is 281 g/mol. The molecule has 0 saturated carbocycles. The van der Waals surface area contributed by atoms with E-state index in [2.05, 4.69) is 59.4 Å². The van der Waals surface area contributed by atoms with Crippen LogP contribution in [0.15, 0.2) is 28.7 Å². The van der Waals surface area contributed by atoms with Gasteiger partial charge in [-0.05, 0) is 55.0 Å². The molecule has 16 heavy (non-hydrogen) atoms. The molecule has 1 heterocycles. The quantitative estimate of drug-likeness (QED) is 0.871. The number of piperidine rings is 1. The van der Waals surface area contributed by atoms with Crippen LogP contribution >= 0.6 is 15.9 Å². The summed E-state index contributed by atoms with van der Waals surface area (Å²) in [6.07, 6.45) is 2.65. The zero-order valence-corrected chi connectivity index (χ0v) is 11.7. The molecule has 0 radical (unpaired) electrons. The molecule has 1 nitrogen and oxygen atoms in total. The molecule has 2 heteroatoms. The van der Waals surface area contributed by atoms with Crippen molar-refractivity contribution in [3.05, 3.63) is 34.3 Å². The molecule has 0 spiro atoms. The molecule has 1 fully saturated rings. The minimum Gasteiger partial charge on any atom is -0.316 e. The van der Waals surface area contributed by atoms with Crippen molar-refractivity contribution in [2.45, 2.75) is 32.1 Å². The van der Waals surface area contributed by atoms with Gasteiger partial charge in [-0.2, -0.15) is 0 Å². The van der Waals surface area contributed by atoms with E-state index in [1.165, 1.54) is 24.9 Å². The van der Waals surface area contributed by atoms with E-state index in [9.17, 15) is 0 Å². The number of halogens is 1. The largest absolute Gasteiger partial charge is 0.316 e. The first kappa shape index (κ1) is 12.1. The van der Waals surface area contributed by atoms with Crippen molar-refractivity contribution in [2.75, 3.05) is 13.1 Å². The number of hydrogen-bond acceptors (Lipinski definition) is 1. The Hall–Kier alpha value is -0.340. The summed E-state index contributed by atoms with van der Waals surface area (Å²) in [5, 5.41) is 3.51. The molecule has 1 N–H and O–H groups in total. The van der Waals surface area contributed by atoms with Crippen LogP contribution in [0.3, 0.4) is 0 Å². The minimum atomic E-state index is 0.272. The smallest absolute Gasteiger partial charge is 0.0175 e. The Morgan fingerprint density at radius 3 is 2.50 bits per heavy atom. The normalized spacial score (nSPS) is 22.1. The maximum atomic E-state index is 3.51. The van der Waals surface area contributed by atoms with Crippen molar-refractivity contribution in [1.29, 1.82) is 0 Å². The molecule has 0 aromatic heterocycles. The van der Waals surface area contributed by atoms with Gasteiger partial charge in [0.25, 0.3) is 0 Å². The van der Waals surface area contributed by atoms with Crippen LogP contribution in [0, 0.1) is 5.92 Å². The van der Waals surface area contributed by atoms with Gasteiger partial charge < -0.3 is 5.32 Å². The van der Waals surface area contributed by atoms with Crippen LogP contribution in [0.2, 0.25) is 0 Å². The fourth-order valence-corrected chi connectivity index (χ4v) is 2.85. The lowest BCUT2D eigenvalue weighted by atomic mass is 9.70. The van der Waals surface area contributed by atoms with Crippen LogP contribution in [-0.4, -0.2) is 13.1 Å². The van der Waals surface area contributed by atoms with Crippen molar-refractivity contribution in [3.63, 3.8) is 0 Å². The van der Waals surface area contributed by atoms with E-state index < -0.39 is 0 Å². The Kier molecular flexibility index (Phi) is 3.70.